The monoisotopic (exact) mass is 443 g/mol. The number of halogens is 3. The van der Waals surface area contributed by atoms with Crippen molar-refractivity contribution in [1.82, 2.24) is 19.9 Å². The van der Waals surface area contributed by atoms with Gasteiger partial charge in [0, 0.05) is 30.2 Å². The van der Waals surface area contributed by atoms with Gasteiger partial charge in [0.05, 0.1) is 21.3 Å². The molecule has 3 aromatic rings. The van der Waals surface area contributed by atoms with Crippen molar-refractivity contribution in [2.24, 2.45) is 0 Å². The van der Waals surface area contributed by atoms with Gasteiger partial charge in [0.25, 0.3) is 0 Å². The third-order valence-electron chi connectivity index (χ3n) is 3.16. The molecule has 148 valence electrons. The van der Waals surface area contributed by atoms with Crippen molar-refractivity contribution in [2.75, 3.05) is 26.6 Å². The maximum Gasteiger partial charge on any atom is 0.224 e. The summed E-state index contributed by atoms with van der Waals surface area (Å²) >= 11 is 16.5. The van der Waals surface area contributed by atoms with Gasteiger partial charge in [-0.15, -0.1) is 0 Å². The van der Waals surface area contributed by atoms with Crippen molar-refractivity contribution in [3.63, 3.8) is 0 Å². The number of hydrogen-bond acceptors (Lipinski definition) is 8. The highest BCUT2D eigenvalue weighted by Gasteiger charge is 2.13. The predicted octanol–water partition coefficient (Wildman–Crippen LogP) is 4.68. The molecule has 28 heavy (non-hydrogen) atoms. The SMILES string of the molecule is COc1cc(Nc2ccnc(Cl)n2)cc(OC)c1OC.Clc1ccnc(Cl)n1. The number of ether oxygens (including phenoxy) is 3. The molecule has 0 aliphatic rings. The molecule has 0 spiro atoms. The van der Waals surface area contributed by atoms with Crippen LogP contribution in [0.5, 0.6) is 17.2 Å². The van der Waals surface area contributed by atoms with Crippen molar-refractivity contribution in [1.29, 1.82) is 0 Å². The lowest BCUT2D eigenvalue weighted by Crippen LogP contribution is -1.99. The van der Waals surface area contributed by atoms with Crippen molar-refractivity contribution >= 4 is 46.3 Å². The maximum absolute atomic E-state index is 5.74. The van der Waals surface area contributed by atoms with E-state index in [-0.39, 0.29) is 10.6 Å². The normalized spacial score (nSPS) is 9.79. The van der Waals surface area contributed by atoms with Crippen molar-refractivity contribution in [2.45, 2.75) is 0 Å². The molecule has 0 fully saturated rings. The van der Waals surface area contributed by atoms with Crippen LogP contribution in [0.1, 0.15) is 0 Å². The van der Waals surface area contributed by atoms with E-state index in [0.29, 0.717) is 28.2 Å². The molecular weight excluding hydrogens is 429 g/mol. The van der Waals surface area contributed by atoms with Crippen LogP contribution in [0.4, 0.5) is 11.5 Å². The third-order valence-corrected chi connectivity index (χ3v) is 3.73. The minimum absolute atomic E-state index is 0.169. The highest BCUT2D eigenvalue weighted by Crippen LogP contribution is 2.40. The first-order valence-electron chi connectivity index (χ1n) is 7.66. The van der Waals surface area contributed by atoms with Gasteiger partial charge in [-0.05, 0) is 35.3 Å². The van der Waals surface area contributed by atoms with E-state index in [2.05, 4.69) is 25.3 Å². The molecule has 0 unspecified atom stereocenters. The number of rotatable bonds is 5. The summed E-state index contributed by atoms with van der Waals surface area (Å²) in [7, 11) is 4.67. The second kappa shape index (κ2) is 10.7. The zero-order valence-electron chi connectivity index (χ0n) is 15.1. The number of anilines is 2. The minimum Gasteiger partial charge on any atom is -0.493 e. The van der Waals surface area contributed by atoms with Gasteiger partial charge in [0.2, 0.25) is 16.3 Å². The first-order chi connectivity index (χ1) is 13.5. The summed E-state index contributed by atoms with van der Waals surface area (Å²) in [5.74, 6) is 2.20. The van der Waals surface area contributed by atoms with Gasteiger partial charge in [-0.3, -0.25) is 0 Å². The van der Waals surface area contributed by atoms with Gasteiger partial charge in [0.15, 0.2) is 11.5 Å². The smallest absolute Gasteiger partial charge is 0.224 e. The summed E-state index contributed by atoms with van der Waals surface area (Å²) < 4.78 is 15.8. The second-order valence-corrected chi connectivity index (χ2v) is 5.96. The molecule has 11 heteroatoms. The fraction of sp³-hybridized carbons (Fsp3) is 0.176. The van der Waals surface area contributed by atoms with Crippen molar-refractivity contribution < 1.29 is 14.2 Å². The average molecular weight is 445 g/mol. The fourth-order valence-electron chi connectivity index (χ4n) is 2.02. The first-order valence-corrected chi connectivity index (χ1v) is 8.79. The second-order valence-electron chi connectivity index (χ2n) is 4.90. The Morgan fingerprint density at radius 2 is 1.36 bits per heavy atom. The lowest BCUT2D eigenvalue weighted by molar-refractivity contribution is 0.324. The van der Waals surface area contributed by atoms with Gasteiger partial charge in [0.1, 0.15) is 11.0 Å². The average Bonchev–Trinajstić information content (AvgIpc) is 2.67. The first kappa shape index (κ1) is 21.7. The Hall–Kier alpha value is -2.55. The Morgan fingerprint density at radius 1 is 0.786 bits per heavy atom. The van der Waals surface area contributed by atoms with Crippen LogP contribution >= 0.6 is 34.8 Å². The molecule has 0 aliphatic heterocycles. The Balaban J connectivity index is 0.000000292. The Kier molecular flexibility index (Phi) is 8.31. The van der Waals surface area contributed by atoms with Crippen LogP contribution in [0.25, 0.3) is 0 Å². The Labute approximate surface area is 176 Å². The van der Waals surface area contributed by atoms with E-state index in [0.717, 1.165) is 5.69 Å². The molecule has 1 aromatic carbocycles. The topological polar surface area (TPSA) is 91.3 Å². The summed E-state index contributed by atoms with van der Waals surface area (Å²) in [5.41, 5.74) is 0.731. The number of aromatic nitrogens is 4. The molecule has 1 N–H and O–H groups in total. The van der Waals surface area contributed by atoms with E-state index in [1.165, 1.54) is 6.20 Å². The molecule has 0 atom stereocenters. The van der Waals surface area contributed by atoms with Crippen LogP contribution in [0.15, 0.2) is 36.7 Å². The summed E-state index contributed by atoms with van der Waals surface area (Å²) in [6.45, 7) is 0. The van der Waals surface area contributed by atoms with Crippen molar-refractivity contribution in [3.05, 3.63) is 52.4 Å². The van der Waals surface area contributed by atoms with Crippen molar-refractivity contribution in [3.8, 4) is 17.2 Å². The van der Waals surface area contributed by atoms with E-state index < -0.39 is 0 Å². The van der Waals surface area contributed by atoms with E-state index in [9.17, 15) is 0 Å². The molecule has 3 rings (SSSR count). The lowest BCUT2D eigenvalue weighted by atomic mass is 10.2. The molecule has 0 aliphatic carbocycles. The van der Waals surface area contributed by atoms with E-state index in [1.54, 1.807) is 51.8 Å². The Bertz CT molecular complexity index is 888. The summed E-state index contributed by atoms with van der Waals surface area (Å²) in [6.07, 6.45) is 3.06. The Morgan fingerprint density at radius 3 is 1.79 bits per heavy atom. The quantitative estimate of drug-likeness (QED) is 0.448. The van der Waals surface area contributed by atoms with Crippen LogP contribution in [0, 0.1) is 0 Å². The molecule has 2 heterocycles. The molecular formula is C17H16Cl3N5O3. The van der Waals surface area contributed by atoms with Crippen LogP contribution in [-0.4, -0.2) is 41.3 Å². The largest absolute Gasteiger partial charge is 0.493 e. The van der Waals surface area contributed by atoms with Crippen LogP contribution in [-0.2, 0) is 0 Å². The standard InChI is InChI=1S/C13H14ClN3O3.C4H2Cl2N2/c1-18-9-6-8(7-10(19-2)12(9)20-3)16-11-4-5-15-13(14)17-11;5-3-1-2-7-4(6)8-3/h4-7H,1-3H3,(H,15,16,17);1-2H. The maximum atomic E-state index is 5.74. The van der Waals surface area contributed by atoms with Gasteiger partial charge in [-0.25, -0.2) is 19.9 Å². The fourth-order valence-corrected chi connectivity index (χ4v) is 2.49. The van der Waals surface area contributed by atoms with Gasteiger partial charge < -0.3 is 19.5 Å². The number of hydrogen-bond donors (Lipinski definition) is 1. The zero-order chi connectivity index (χ0) is 20.5. The number of benzene rings is 1. The zero-order valence-corrected chi connectivity index (χ0v) is 17.4. The highest BCUT2D eigenvalue weighted by molar-refractivity contribution is 6.31. The molecule has 0 amide bonds. The van der Waals surface area contributed by atoms with E-state index in [1.807, 2.05) is 0 Å². The third kappa shape index (κ3) is 6.26. The van der Waals surface area contributed by atoms with E-state index >= 15 is 0 Å². The minimum atomic E-state index is 0.169. The van der Waals surface area contributed by atoms with Crippen LogP contribution in [0.2, 0.25) is 15.7 Å². The highest BCUT2D eigenvalue weighted by atomic mass is 35.5. The van der Waals surface area contributed by atoms with Gasteiger partial charge in [-0.2, -0.15) is 0 Å². The molecule has 0 saturated heterocycles. The summed E-state index contributed by atoms with van der Waals surface area (Å²) in [4.78, 5) is 15.1. The molecule has 0 bridgehead atoms. The number of methoxy groups -OCH3 is 3. The van der Waals surface area contributed by atoms with Gasteiger partial charge >= 0.3 is 0 Å². The van der Waals surface area contributed by atoms with Crippen LogP contribution < -0.4 is 19.5 Å². The van der Waals surface area contributed by atoms with E-state index in [4.69, 9.17) is 49.0 Å². The summed E-state index contributed by atoms with van der Waals surface area (Å²) in [6, 6.07) is 6.82. The van der Waals surface area contributed by atoms with Crippen LogP contribution in [0.3, 0.4) is 0 Å². The molecule has 8 nitrogen and oxygen atoms in total. The lowest BCUT2D eigenvalue weighted by Gasteiger charge is -2.14. The molecule has 0 saturated carbocycles. The molecule has 0 radical (unpaired) electrons. The summed E-state index contributed by atoms with van der Waals surface area (Å²) in [5, 5.41) is 3.81. The number of nitrogens with zero attached hydrogens (tertiary/aromatic N) is 4. The predicted molar refractivity (Wildman–Crippen MR) is 108 cm³/mol. The number of nitrogens with one attached hydrogen (secondary N) is 1. The van der Waals surface area contributed by atoms with Gasteiger partial charge in [-0.1, -0.05) is 11.6 Å². The molecule has 2 aromatic heterocycles.